The number of rotatable bonds is 4. The molecule has 3 heteroatoms. The third-order valence-corrected chi connectivity index (χ3v) is 2.64. The monoisotopic (exact) mass is 233 g/mol. The second kappa shape index (κ2) is 5.88. The highest BCUT2D eigenvalue weighted by atomic mass is 15.3. The Balaban J connectivity index is 2.59. The van der Waals surface area contributed by atoms with Crippen LogP contribution in [0.2, 0.25) is 0 Å². The summed E-state index contributed by atoms with van der Waals surface area (Å²) in [6.07, 6.45) is 2.82. The van der Waals surface area contributed by atoms with E-state index < -0.39 is 0 Å². The molecule has 0 aliphatic carbocycles. The maximum absolute atomic E-state index is 4.40. The minimum Gasteiger partial charge on any atom is -0.308 e. The average Bonchev–Trinajstić information content (AvgIpc) is 2.57. The molecule has 94 valence electrons. The molecule has 0 aromatic carbocycles. The maximum Gasteiger partial charge on any atom is 0.0537 e. The lowest BCUT2D eigenvalue weighted by Crippen LogP contribution is -2.35. The summed E-state index contributed by atoms with van der Waals surface area (Å²) in [7, 11) is 0. The van der Waals surface area contributed by atoms with Gasteiger partial charge in [0.2, 0.25) is 0 Å². The van der Waals surface area contributed by atoms with Crippen LogP contribution in [0.15, 0.2) is 6.20 Å². The van der Waals surface area contributed by atoms with Gasteiger partial charge in [-0.15, -0.1) is 11.8 Å². The van der Waals surface area contributed by atoms with Gasteiger partial charge in [0.15, 0.2) is 0 Å². The summed E-state index contributed by atoms with van der Waals surface area (Å²) < 4.78 is 2.03. The van der Waals surface area contributed by atoms with E-state index in [1.54, 1.807) is 0 Å². The highest BCUT2D eigenvalue weighted by Gasteiger charge is 2.11. The van der Waals surface area contributed by atoms with Gasteiger partial charge >= 0.3 is 0 Å². The maximum atomic E-state index is 4.40. The van der Waals surface area contributed by atoms with Gasteiger partial charge in [0, 0.05) is 29.8 Å². The molecule has 0 radical (unpaired) electrons. The van der Waals surface area contributed by atoms with Crippen LogP contribution in [0.1, 0.15) is 45.4 Å². The van der Waals surface area contributed by atoms with Crippen molar-refractivity contribution in [3.8, 4) is 11.8 Å². The Morgan fingerprint density at radius 3 is 2.71 bits per heavy atom. The minimum atomic E-state index is 0.141. The van der Waals surface area contributed by atoms with Crippen molar-refractivity contribution in [3.05, 3.63) is 17.5 Å². The van der Waals surface area contributed by atoms with E-state index in [0.717, 1.165) is 19.5 Å². The highest BCUT2D eigenvalue weighted by Crippen LogP contribution is 2.09. The van der Waals surface area contributed by atoms with E-state index in [9.17, 15) is 0 Å². The fourth-order valence-corrected chi connectivity index (χ4v) is 1.53. The van der Waals surface area contributed by atoms with E-state index in [1.807, 2.05) is 17.8 Å². The molecule has 0 amide bonds. The first-order valence-electron chi connectivity index (χ1n) is 6.10. The molecular weight excluding hydrogens is 210 g/mol. The van der Waals surface area contributed by atoms with Crippen LogP contribution < -0.4 is 5.32 Å². The average molecular weight is 233 g/mol. The van der Waals surface area contributed by atoms with Gasteiger partial charge in [0.05, 0.1) is 12.7 Å². The Morgan fingerprint density at radius 1 is 1.41 bits per heavy atom. The predicted molar refractivity (Wildman–Crippen MR) is 71.6 cm³/mol. The summed E-state index contributed by atoms with van der Waals surface area (Å²) in [6, 6.07) is 0. The summed E-state index contributed by atoms with van der Waals surface area (Å²) in [5.74, 6) is 5.97. The second-order valence-electron chi connectivity index (χ2n) is 5.26. The van der Waals surface area contributed by atoms with Crippen molar-refractivity contribution >= 4 is 0 Å². The molecule has 1 aromatic heterocycles. The summed E-state index contributed by atoms with van der Waals surface area (Å²) >= 11 is 0. The van der Waals surface area contributed by atoms with E-state index in [-0.39, 0.29) is 5.54 Å². The largest absolute Gasteiger partial charge is 0.308 e. The molecule has 3 nitrogen and oxygen atoms in total. The van der Waals surface area contributed by atoms with Crippen molar-refractivity contribution < 1.29 is 0 Å². The van der Waals surface area contributed by atoms with E-state index in [4.69, 9.17) is 0 Å². The first kappa shape index (κ1) is 13.8. The van der Waals surface area contributed by atoms with Crippen LogP contribution in [0, 0.1) is 18.8 Å². The van der Waals surface area contributed by atoms with Crippen LogP contribution in [0.4, 0.5) is 0 Å². The Bertz CT molecular complexity index is 413. The first-order chi connectivity index (χ1) is 7.94. The molecule has 0 fully saturated rings. The van der Waals surface area contributed by atoms with Crippen molar-refractivity contribution in [2.24, 2.45) is 0 Å². The quantitative estimate of drug-likeness (QED) is 0.810. The Labute approximate surface area is 105 Å². The smallest absolute Gasteiger partial charge is 0.0537 e. The minimum absolute atomic E-state index is 0.141. The molecule has 0 spiro atoms. The summed E-state index contributed by atoms with van der Waals surface area (Å²) in [4.78, 5) is 0. The highest BCUT2D eigenvalue weighted by molar-refractivity contribution is 5.16. The summed E-state index contributed by atoms with van der Waals surface area (Å²) in [6.45, 7) is 12.2. The molecule has 1 rings (SSSR count). The van der Waals surface area contributed by atoms with Crippen LogP contribution in [0.3, 0.4) is 0 Å². The lowest BCUT2D eigenvalue weighted by atomic mass is 10.1. The summed E-state index contributed by atoms with van der Waals surface area (Å²) in [5.41, 5.74) is 2.64. The molecule has 1 N–H and O–H groups in total. The van der Waals surface area contributed by atoms with Gasteiger partial charge in [-0.3, -0.25) is 4.68 Å². The molecule has 0 aliphatic heterocycles. The van der Waals surface area contributed by atoms with Gasteiger partial charge in [-0.25, -0.2) is 0 Å². The van der Waals surface area contributed by atoms with E-state index in [0.29, 0.717) is 0 Å². The molecule has 0 bridgehead atoms. The normalized spacial score (nSPS) is 11.1. The standard InChI is InChI=1S/C14H23N3/c1-6-7-8-9-17-12(2)13(11-16-17)10-15-14(3,4)5/h11,15H,8-10H2,1-5H3. The molecule has 0 saturated carbocycles. The van der Waals surface area contributed by atoms with Crippen LogP contribution >= 0.6 is 0 Å². The zero-order valence-electron chi connectivity index (χ0n) is 11.6. The van der Waals surface area contributed by atoms with Gasteiger partial charge in [-0.2, -0.15) is 5.10 Å². The van der Waals surface area contributed by atoms with Crippen molar-refractivity contribution in [2.45, 2.75) is 59.7 Å². The fourth-order valence-electron chi connectivity index (χ4n) is 1.53. The number of aromatic nitrogens is 2. The third-order valence-electron chi connectivity index (χ3n) is 2.64. The lowest BCUT2D eigenvalue weighted by molar-refractivity contribution is 0.423. The Morgan fingerprint density at radius 2 is 2.12 bits per heavy atom. The topological polar surface area (TPSA) is 29.9 Å². The van der Waals surface area contributed by atoms with E-state index in [2.05, 4.69) is 50.0 Å². The van der Waals surface area contributed by atoms with Gasteiger partial charge in [0.25, 0.3) is 0 Å². The molecule has 0 saturated heterocycles. The third kappa shape index (κ3) is 4.62. The van der Waals surface area contributed by atoms with Gasteiger partial charge < -0.3 is 5.32 Å². The molecule has 0 atom stereocenters. The Hall–Kier alpha value is -1.27. The van der Waals surface area contributed by atoms with E-state index in [1.165, 1.54) is 11.3 Å². The number of hydrogen-bond donors (Lipinski definition) is 1. The molecule has 17 heavy (non-hydrogen) atoms. The van der Waals surface area contributed by atoms with Crippen molar-refractivity contribution in [1.82, 2.24) is 15.1 Å². The fraction of sp³-hybridized carbons (Fsp3) is 0.643. The second-order valence-corrected chi connectivity index (χ2v) is 5.26. The molecule has 0 unspecified atom stereocenters. The van der Waals surface area contributed by atoms with Crippen molar-refractivity contribution in [1.29, 1.82) is 0 Å². The number of nitrogens with zero attached hydrogens (tertiary/aromatic N) is 2. The molecule has 0 aliphatic rings. The summed E-state index contributed by atoms with van der Waals surface area (Å²) in [5, 5.41) is 7.88. The molecule has 1 heterocycles. The van der Waals surface area contributed by atoms with Crippen molar-refractivity contribution in [2.75, 3.05) is 0 Å². The number of hydrogen-bond acceptors (Lipinski definition) is 2. The lowest BCUT2D eigenvalue weighted by Gasteiger charge is -2.20. The first-order valence-corrected chi connectivity index (χ1v) is 6.10. The molecule has 1 aromatic rings. The number of nitrogens with one attached hydrogen (secondary N) is 1. The van der Waals surface area contributed by atoms with E-state index >= 15 is 0 Å². The zero-order valence-corrected chi connectivity index (χ0v) is 11.6. The number of aryl methyl sites for hydroxylation is 1. The SMILES string of the molecule is CC#CCCn1ncc(CNC(C)(C)C)c1C. The van der Waals surface area contributed by atoms with Gasteiger partial charge in [-0.1, -0.05) is 0 Å². The van der Waals surface area contributed by atoms with Crippen LogP contribution in [-0.2, 0) is 13.1 Å². The van der Waals surface area contributed by atoms with Crippen LogP contribution in [0.5, 0.6) is 0 Å². The molecular formula is C14H23N3. The van der Waals surface area contributed by atoms with Crippen LogP contribution in [-0.4, -0.2) is 15.3 Å². The van der Waals surface area contributed by atoms with Crippen molar-refractivity contribution in [3.63, 3.8) is 0 Å². The predicted octanol–water partition coefficient (Wildman–Crippen LogP) is 2.49. The van der Waals surface area contributed by atoms with Gasteiger partial charge in [0.1, 0.15) is 0 Å². The van der Waals surface area contributed by atoms with Gasteiger partial charge in [-0.05, 0) is 34.6 Å². The Kier molecular flexibility index (Phi) is 4.77. The van der Waals surface area contributed by atoms with Crippen LogP contribution in [0.25, 0.3) is 0 Å². The zero-order chi connectivity index (χ0) is 12.9.